The molecular formula is C14H14O2. The highest BCUT2D eigenvalue weighted by molar-refractivity contribution is 5.65. The van der Waals surface area contributed by atoms with Gasteiger partial charge in [0, 0.05) is 0 Å². The van der Waals surface area contributed by atoms with Crippen molar-refractivity contribution in [2.45, 2.75) is 20.8 Å². The number of aryl methyl sites for hydroxylation is 3. The van der Waals surface area contributed by atoms with Crippen molar-refractivity contribution in [2.75, 3.05) is 0 Å². The third-order valence-corrected chi connectivity index (χ3v) is 2.61. The summed E-state index contributed by atoms with van der Waals surface area (Å²) in [5.41, 5.74) is 3.44. The van der Waals surface area contributed by atoms with Gasteiger partial charge in [0.15, 0.2) is 0 Å². The maximum absolute atomic E-state index is 11.8. The molecule has 1 heterocycles. The first kappa shape index (κ1) is 10.7. The van der Waals surface area contributed by atoms with Crippen molar-refractivity contribution >= 4 is 0 Å². The van der Waals surface area contributed by atoms with E-state index in [9.17, 15) is 4.79 Å². The highest BCUT2D eigenvalue weighted by Crippen LogP contribution is 2.20. The molecule has 82 valence electrons. The summed E-state index contributed by atoms with van der Waals surface area (Å²) in [6, 6.07) is 9.77. The SMILES string of the molecule is Cc1ccc(-c2c(C)cc(C)oc2=O)cc1. The Kier molecular flexibility index (Phi) is 2.65. The summed E-state index contributed by atoms with van der Waals surface area (Å²) in [6.07, 6.45) is 0. The van der Waals surface area contributed by atoms with Crippen molar-refractivity contribution in [3.05, 3.63) is 57.6 Å². The molecule has 0 atom stereocenters. The van der Waals surface area contributed by atoms with E-state index >= 15 is 0 Å². The topological polar surface area (TPSA) is 30.2 Å². The summed E-state index contributed by atoms with van der Waals surface area (Å²) in [4.78, 5) is 11.8. The number of benzene rings is 1. The Hall–Kier alpha value is -1.83. The monoisotopic (exact) mass is 214 g/mol. The lowest BCUT2D eigenvalue weighted by Gasteiger charge is -2.05. The van der Waals surface area contributed by atoms with E-state index in [2.05, 4.69) is 0 Å². The zero-order chi connectivity index (χ0) is 11.7. The van der Waals surface area contributed by atoms with Gasteiger partial charge in [0.25, 0.3) is 0 Å². The quantitative estimate of drug-likeness (QED) is 0.729. The first-order chi connectivity index (χ1) is 7.58. The van der Waals surface area contributed by atoms with Crippen LogP contribution in [0.3, 0.4) is 0 Å². The number of hydrogen-bond donors (Lipinski definition) is 0. The summed E-state index contributed by atoms with van der Waals surface area (Å²) < 4.78 is 5.12. The Labute approximate surface area is 94.5 Å². The van der Waals surface area contributed by atoms with Gasteiger partial charge in [-0.05, 0) is 38.0 Å². The van der Waals surface area contributed by atoms with Crippen LogP contribution in [0.4, 0.5) is 0 Å². The Morgan fingerprint density at radius 3 is 2.19 bits per heavy atom. The fourth-order valence-corrected chi connectivity index (χ4v) is 1.83. The second kappa shape index (κ2) is 3.97. The van der Waals surface area contributed by atoms with Crippen molar-refractivity contribution in [3.63, 3.8) is 0 Å². The molecule has 2 nitrogen and oxygen atoms in total. The van der Waals surface area contributed by atoms with E-state index in [1.807, 2.05) is 44.2 Å². The van der Waals surface area contributed by atoms with Gasteiger partial charge >= 0.3 is 5.63 Å². The second-order valence-corrected chi connectivity index (χ2v) is 4.07. The lowest BCUT2D eigenvalue weighted by Crippen LogP contribution is -2.06. The molecule has 0 aliphatic rings. The van der Waals surface area contributed by atoms with Crippen LogP contribution in [0.1, 0.15) is 16.9 Å². The molecule has 0 amide bonds. The van der Waals surface area contributed by atoms with E-state index in [4.69, 9.17) is 4.42 Å². The summed E-state index contributed by atoms with van der Waals surface area (Å²) >= 11 is 0. The molecule has 2 heteroatoms. The molecule has 0 radical (unpaired) electrons. The summed E-state index contributed by atoms with van der Waals surface area (Å²) in [6.45, 7) is 5.74. The van der Waals surface area contributed by atoms with E-state index in [1.165, 1.54) is 5.56 Å². The molecule has 0 unspecified atom stereocenters. The standard InChI is InChI=1S/C14H14O2/c1-9-4-6-12(7-5-9)13-10(2)8-11(3)16-14(13)15/h4-8H,1-3H3. The average molecular weight is 214 g/mol. The maximum Gasteiger partial charge on any atom is 0.344 e. The van der Waals surface area contributed by atoms with Crippen molar-refractivity contribution < 1.29 is 4.42 Å². The lowest BCUT2D eigenvalue weighted by atomic mass is 10.0. The minimum absolute atomic E-state index is 0.263. The minimum atomic E-state index is -0.263. The second-order valence-electron chi connectivity index (χ2n) is 4.07. The zero-order valence-corrected chi connectivity index (χ0v) is 9.70. The Morgan fingerprint density at radius 2 is 1.62 bits per heavy atom. The largest absolute Gasteiger partial charge is 0.428 e. The molecule has 0 spiro atoms. The zero-order valence-electron chi connectivity index (χ0n) is 9.70. The van der Waals surface area contributed by atoms with Crippen molar-refractivity contribution in [1.29, 1.82) is 0 Å². The van der Waals surface area contributed by atoms with Crippen LogP contribution in [0.25, 0.3) is 11.1 Å². The molecule has 1 aromatic heterocycles. The molecule has 1 aromatic carbocycles. The molecule has 0 bridgehead atoms. The first-order valence-corrected chi connectivity index (χ1v) is 5.26. The van der Waals surface area contributed by atoms with Gasteiger partial charge in [-0.25, -0.2) is 4.79 Å². The molecule has 0 fully saturated rings. The van der Waals surface area contributed by atoms with E-state index in [1.54, 1.807) is 6.92 Å². The minimum Gasteiger partial charge on any atom is -0.428 e. The van der Waals surface area contributed by atoms with Gasteiger partial charge in [-0.3, -0.25) is 0 Å². The molecule has 0 aliphatic carbocycles. The molecule has 0 N–H and O–H groups in total. The fraction of sp³-hybridized carbons (Fsp3) is 0.214. The smallest absolute Gasteiger partial charge is 0.344 e. The summed E-state index contributed by atoms with van der Waals surface area (Å²) in [5.74, 6) is 0.651. The van der Waals surface area contributed by atoms with Gasteiger partial charge in [0.1, 0.15) is 5.76 Å². The van der Waals surface area contributed by atoms with Gasteiger partial charge in [0.05, 0.1) is 5.56 Å². The Bertz CT molecular complexity index is 562. The average Bonchev–Trinajstić information content (AvgIpc) is 2.19. The van der Waals surface area contributed by atoms with Crippen LogP contribution in [0.2, 0.25) is 0 Å². The van der Waals surface area contributed by atoms with Gasteiger partial charge in [-0.15, -0.1) is 0 Å². The maximum atomic E-state index is 11.8. The summed E-state index contributed by atoms with van der Waals surface area (Å²) in [5, 5.41) is 0. The van der Waals surface area contributed by atoms with Crippen molar-refractivity contribution in [1.82, 2.24) is 0 Å². The van der Waals surface area contributed by atoms with Crippen LogP contribution in [-0.4, -0.2) is 0 Å². The van der Waals surface area contributed by atoms with Crippen LogP contribution in [-0.2, 0) is 0 Å². The predicted molar refractivity (Wildman–Crippen MR) is 64.6 cm³/mol. The van der Waals surface area contributed by atoms with E-state index in [0.717, 1.165) is 11.1 Å². The fourth-order valence-electron chi connectivity index (χ4n) is 1.83. The lowest BCUT2D eigenvalue weighted by molar-refractivity contribution is 0.481. The van der Waals surface area contributed by atoms with Crippen LogP contribution in [0, 0.1) is 20.8 Å². The van der Waals surface area contributed by atoms with Gasteiger partial charge in [0.2, 0.25) is 0 Å². The van der Waals surface area contributed by atoms with Crippen LogP contribution >= 0.6 is 0 Å². The van der Waals surface area contributed by atoms with Crippen LogP contribution in [0.5, 0.6) is 0 Å². The van der Waals surface area contributed by atoms with Crippen molar-refractivity contribution in [3.8, 4) is 11.1 Å². The van der Waals surface area contributed by atoms with E-state index in [0.29, 0.717) is 11.3 Å². The Balaban J connectivity index is 2.65. The molecule has 2 rings (SSSR count). The number of hydrogen-bond acceptors (Lipinski definition) is 2. The van der Waals surface area contributed by atoms with Crippen LogP contribution in [0.15, 0.2) is 39.5 Å². The highest BCUT2D eigenvalue weighted by Gasteiger charge is 2.08. The normalized spacial score (nSPS) is 10.4. The number of rotatable bonds is 1. The molecule has 0 saturated heterocycles. The van der Waals surface area contributed by atoms with Crippen molar-refractivity contribution in [2.24, 2.45) is 0 Å². The highest BCUT2D eigenvalue weighted by atomic mass is 16.4. The Morgan fingerprint density at radius 1 is 1.00 bits per heavy atom. The van der Waals surface area contributed by atoms with E-state index in [-0.39, 0.29) is 5.63 Å². The van der Waals surface area contributed by atoms with Crippen LogP contribution < -0.4 is 5.63 Å². The van der Waals surface area contributed by atoms with E-state index < -0.39 is 0 Å². The molecule has 16 heavy (non-hydrogen) atoms. The van der Waals surface area contributed by atoms with Gasteiger partial charge in [-0.1, -0.05) is 29.8 Å². The van der Waals surface area contributed by atoms with Gasteiger partial charge in [-0.2, -0.15) is 0 Å². The first-order valence-electron chi connectivity index (χ1n) is 5.26. The molecule has 0 aliphatic heterocycles. The van der Waals surface area contributed by atoms with Gasteiger partial charge < -0.3 is 4.42 Å². The molecule has 0 saturated carbocycles. The molecule has 2 aromatic rings. The third kappa shape index (κ3) is 1.91. The molecular weight excluding hydrogens is 200 g/mol. The summed E-state index contributed by atoms with van der Waals surface area (Å²) in [7, 11) is 0. The predicted octanol–water partition coefficient (Wildman–Crippen LogP) is 3.23. The third-order valence-electron chi connectivity index (χ3n) is 2.61.